The smallest absolute Gasteiger partial charge is 0.410 e. The summed E-state index contributed by atoms with van der Waals surface area (Å²) < 4.78 is 28.3. The summed E-state index contributed by atoms with van der Waals surface area (Å²) in [7, 11) is -3.81. The third-order valence-electron chi connectivity index (χ3n) is 4.68. The molecule has 1 aromatic heterocycles. The number of likely N-dealkylation sites (tertiary alicyclic amines) is 1. The molecule has 0 radical (unpaired) electrons. The zero-order chi connectivity index (χ0) is 25.7. The van der Waals surface area contributed by atoms with E-state index >= 15 is 0 Å². The van der Waals surface area contributed by atoms with E-state index in [2.05, 4.69) is 51.8 Å². The van der Waals surface area contributed by atoms with Crippen molar-refractivity contribution in [1.82, 2.24) is 9.88 Å². The zero-order valence-corrected chi connectivity index (χ0v) is 22.7. The Hall–Kier alpha value is -1.87. The van der Waals surface area contributed by atoms with Crippen LogP contribution >= 0.6 is 0 Å². The average molecular weight is 485 g/mol. The van der Waals surface area contributed by atoms with E-state index in [9.17, 15) is 13.2 Å². The first-order valence-electron chi connectivity index (χ1n) is 11.5. The van der Waals surface area contributed by atoms with Crippen molar-refractivity contribution in [2.45, 2.75) is 97.7 Å². The first-order chi connectivity index (χ1) is 14.8. The van der Waals surface area contributed by atoms with Gasteiger partial charge in [0.1, 0.15) is 11.4 Å². The second-order valence-corrected chi connectivity index (χ2v) is 13.5. The number of ether oxygens (including phenoxy) is 1. The van der Waals surface area contributed by atoms with Crippen LogP contribution in [0.4, 0.5) is 10.6 Å². The molecular weight excluding hydrogens is 440 g/mol. The van der Waals surface area contributed by atoms with Crippen LogP contribution in [0, 0.1) is 11.3 Å². The fourth-order valence-corrected chi connectivity index (χ4v) is 3.99. The number of nitrogens with one attached hydrogen (secondary N) is 1. The van der Waals surface area contributed by atoms with Gasteiger partial charge in [0.05, 0.1) is 0 Å². The first kappa shape index (κ1) is 29.2. The molecule has 2 heterocycles. The second-order valence-electron chi connectivity index (χ2n) is 11.9. The van der Waals surface area contributed by atoms with Gasteiger partial charge in [-0.15, -0.1) is 0 Å². The van der Waals surface area contributed by atoms with Crippen LogP contribution in [0.3, 0.4) is 0 Å². The number of pyridine rings is 1. The summed E-state index contributed by atoms with van der Waals surface area (Å²) in [4.78, 5) is 18.3. The molecule has 8 nitrogen and oxygen atoms in total. The number of nitrogens with zero attached hydrogens (tertiary/aromatic N) is 2. The van der Waals surface area contributed by atoms with Crippen LogP contribution in [-0.2, 0) is 14.8 Å². The quantitative estimate of drug-likeness (QED) is 0.549. The molecule has 0 spiro atoms. The van der Waals surface area contributed by atoms with Gasteiger partial charge in [0, 0.05) is 18.6 Å². The van der Waals surface area contributed by atoms with Crippen molar-refractivity contribution in [2.75, 3.05) is 18.4 Å². The standard InChI is InChI=1S/C19H32N4O4S.C5H12/c1-18(2,3)27-17(24)23-13-14(12-19(23,4)5)8-7-11-21-15-9-6-10-16(22-15)28(20,25)26;1-5(2,3)4/h6,9-10,14H,7-8,11-13H2,1-5H3,(H,21,22)(H2,20,25,26);1-4H3. The van der Waals surface area contributed by atoms with Crippen molar-refractivity contribution in [2.24, 2.45) is 16.5 Å². The van der Waals surface area contributed by atoms with Gasteiger partial charge in [0.2, 0.25) is 0 Å². The van der Waals surface area contributed by atoms with Gasteiger partial charge in [-0.2, -0.15) is 0 Å². The summed E-state index contributed by atoms with van der Waals surface area (Å²) in [5, 5.41) is 8.08. The monoisotopic (exact) mass is 484 g/mol. The van der Waals surface area contributed by atoms with Crippen molar-refractivity contribution < 1.29 is 17.9 Å². The van der Waals surface area contributed by atoms with Crippen molar-refractivity contribution in [1.29, 1.82) is 0 Å². The maximum absolute atomic E-state index is 12.5. The van der Waals surface area contributed by atoms with E-state index in [0.29, 0.717) is 30.2 Å². The number of primary sulfonamides is 1. The number of hydrogen-bond donors (Lipinski definition) is 2. The second kappa shape index (κ2) is 11.0. The summed E-state index contributed by atoms with van der Waals surface area (Å²) in [5.41, 5.74) is -0.237. The minimum Gasteiger partial charge on any atom is -0.444 e. The van der Waals surface area contributed by atoms with Crippen molar-refractivity contribution in [3.8, 4) is 0 Å². The Labute approximate surface area is 200 Å². The number of carbonyl (C=O) groups excluding carboxylic acids is 1. The maximum atomic E-state index is 12.5. The Morgan fingerprint density at radius 1 is 1.21 bits per heavy atom. The molecule has 0 aromatic carbocycles. The summed E-state index contributed by atoms with van der Waals surface area (Å²) >= 11 is 0. The number of carbonyl (C=O) groups is 1. The average Bonchev–Trinajstić information content (AvgIpc) is 2.90. The molecule has 0 saturated carbocycles. The van der Waals surface area contributed by atoms with Crippen LogP contribution in [0.2, 0.25) is 0 Å². The van der Waals surface area contributed by atoms with Gasteiger partial charge in [-0.3, -0.25) is 0 Å². The molecule has 1 saturated heterocycles. The van der Waals surface area contributed by atoms with Crippen molar-refractivity contribution >= 4 is 21.9 Å². The highest BCUT2D eigenvalue weighted by molar-refractivity contribution is 7.89. The number of hydrogen-bond acceptors (Lipinski definition) is 6. The molecule has 3 N–H and O–H groups in total. The van der Waals surface area contributed by atoms with Crippen molar-refractivity contribution in [3.63, 3.8) is 0 Å². The fraction of sp³-hybridized carbons (Fsp3) is 0.750. The molecule has 1 unspecified atom stereocenters. The molecule has 1 aromatic rings. The first-order valence-corrected chi connectivity index (χ1v) is 13.1. The lowest BCUT2D eigenvalue weighted by Gasteiger charge is -2.33. The van der Waals surface area contributed by atoms with E-state index in [1.165, 1.54) is 6.07 Å². The highest BCUT2D eigenvalue weighted by atomic mass is 32.2. The third-order valence-corrected chi connectivity index (χ3v) is 5.49. The third kappa shape index (κ3) is 11.7. The molecule has 0 aliphatic carbocycles. The summed E-state index contributed by atoms with van der Waals surface area (Å²) in [5.74, 6) is 0.877. The molecule has 1 aliphatic heterocycles. The minimum absolute atomic E-state index is 0.150. The molecule has 1 atom stereocenters. The molecule has 9 heteroatoms. The Morgan fingerprint density at radius 2 is 1.79 bits per heavy atom. The molecule has 33 heavy (non-hydrogen) atoms. The Balaban J connectivity index is 0.000000981. The zero-order valence-electron chi connectivity index (χ0n) is 21.9. The largest absolute Gasteiger partial charge is 0.444 e. The molecule has 0 bridgehead atoms. The maximum Gasteiger partial charge on any atom is 0.410 e. The van der Waals surface area contributed by atoms with Crippen LogP contribution in [0.5, 0.6) is 0 Å². The molecular formula is C24H44N4O4S. The lowest BCUT2D eigenvalue weighted by atomic mass is 9.93. The fourth-order valence-electron chi connectivity index (χ4n) is 3.50. The summed E-state index contributed by atoms with van der Waals surface area (Å²) in [6.07, 6.45) is 2.49. The van der Waals surface area contributed by atoms with Crippen LogP contribution in [0.25, 0.3) is 0 Å². The van der Waals surface area contributed by atoms with Crippen LogP contribution in [0.15, 0.2) is 23.2 Å². The number of rotatable bonds is 6. The van der Waals surface area contributed by atoms with Gasteiger partial charge in [0.15, 0.2) is 5.03 Å². The summed E-state index contributed by atoms with van der Waals surface area (Å²) in [6, 6.07) is 4.68. The Kier molecular flexibility index (Phi) is 9.75. The van der Waals surface area contributed by atoms with Gasteiger partial charge < -0.3 is 15.0 Å². The topological polar surface area (TPSA) is 115 Å². The highest BCUT2D eigenvalue weighted by Crippen LogP contribution is 2.36. The SMILES string of the molecule is CC(C)(C)C.CC(C)(C)OC(=O)N1CC(CCCNc2cccc(S(N)(=O)=O)n2)CC1(C)C. The minimum atomic E-state index is -3.81. The van der Waals surface area contributed by atoms with E-state index in [1.807, 2.05) is 25.7 Å². The number of nitrogens with two attached hydrogens (primary N) is 1. The highest BCUT2D eigenvalue weighted by Gasteiger charge is 2.42. The molecule has 1 aliphatic rings. The van der Waals surface area contributed by atoms with Gasteiger partial charge >= 0.3 is 6.09 Å². The Morgan fingerprint density at radius 3 is 2.30 bits per heavy atom. The van der Waals surface area contributed by atoms with Crippen LogP contribution in [-0.4, -0.2) is 48.6 Å². The van der Waals surface area contributed by atoms with E-state index in [-0.39, 0.29) is 16.7 Å². The van der Waals surface area contributed by atoms with Crippen molar-refractivity contribution in [3.05, 3.63) is 18.2 Å². The molecule has 190 valence electrons. The van der Waals surface area contributed by atoms with Gasteiger partial charge in [-0.05, 0) is 77.3 Å². The normalized spacial score (nSPS) is 18.4. The van der Waals surface area contributed by atoms with Gasteiger partial charge in [0.25, 0.3) is 10.0 Å². The number of amides is 1. The predicted octanol–water partition coefficient (Wildman–Crippen LogP) is 5.01. The van der Waals surface area contributed by atoms with Crippen LogP contribution < -0.4 is 10.5 Å². The predicted molar refractivity (Wildman–Crippen MR) is 134 cm³/mol. The van der Waals surface area contributed by atoms with Crippen LogP contribution in [0.1, 0.15) is 81.6 Å². The molecule has 1 fully saturated rings. The summed E-state index contributed by atoms with van der Waals surface area (Å²) in [6.45, 7) is 19.8. The lowest BCUT2D eigenvalue weighted by molar-refractivity contribution is 0.0131. The number of aromatic nitrogens is 1. The number of sulfonamides is 1. The van der Waals surface area contributed by atoms with E-state index < -0.39 is 15.6 Å². The van der Waals surface area contributed by atoms with E-state index in [1.54, 1.807) is 12.1 Å². The number of anilines is 1. The molecule has 1 amide bonds. The lowest BCUT2D eigenvalue weighted by Crippen LogP contribution is -2.45. The molecule has 2 rings (SSSR count). The van der Waals surface area contributed by atoms with Gasteiger partial charge in [-0.1, -0.05) is 33.8 Å². The van der Waals surface area contributed by atoms with Gasteiger partial charge in [-0.25, -0.2) is 23.3 Å². The Bertz CT molecular complexity index is 880. The van der Waals surface area contributed by atoms with E-state index in [4.69, 9.17) is 9.88 Å². The van der Waals surface area contributed by atoms with E-state index in [0.717, 1.165) is 19.3 Å².